The molecule has 3 amide bonds. The van der Waals surface area contributed by atoms with Crippen LogP contribution in [0.4, 0.5) is 5.69 Å². The lowest BCUT2D eigenvalue weighted by atomic mass is 10.0. The monoisotopic (exact) mass is 1040 g/mol. The third kappa shape index (κ3) is 6.96. The summed E-state index contributed by atoms with van der Waals surface area (Å²) in [6.45, 7) is 3.02. The molecule has 0 radical (unpaired) electrons. The van der Waals surface area contributed by atoms with E-state index < -0.39 is 36.3 Å². The average molecular weight is 1040 g/mol. The van der Waals surface area contributed by atoms with E-state index in [0.717, 1.165) is 12.0 Å². The molecule has 0 spiro atoms. The maximum atomic E-state index is 13.6. The van der Waals surface area contributed by atoms with Crippen molar-refractivity contribution in [2.24, 2.45) is 5.92 Å². The predicted molar refractivity (Wildman–Crippen MR) is 192 cm³/mol. The van der Waals surface area contributed by atoms with Crippen molar-refractivity contribution in [2.45, 2.75) is 26.3 Å². The Morgan fingerprint density at radius 2 is 1.45 bits per heavy atom. The summed E-state index contributed by atoms with van der Waals surface area (Å²) in [6.07, 6.45) is 0.153. The number of carbonyl (C=O) groups is 5. The molecule has 1 heterocycles. The average Bonchev–Trinajstić information content (AvgIpc) is 3.22. The Morgan fingerprint density at radius 1 is 0.881 bits per heavy atom. The van der Waals surface area contributed by atoms with E-state index >= 15 is 0 Å². The lowest BCUT2D eigenvalue weighted by Gasteiger charge is -2.26. The summed E-state index contributed by atoms with van der Waals surface area (Å²) in [7, 11) is 0. The van der Waals surface area contributed by atoms with Crippen LogP contribution in [0.3, 0.4) is 0 Å². The first-order chi connectivity index (χ1) is 19.8. The third-order valence-electron chi connectivity index (χ3n) is 6.29. The van der Waals surface area contributed by atoms with Crippen LogP contribution in [0, 0.1) is 20.2 Å². The van der Waals surface area contributed by atoms with Gasteiger partial charge in [-0.3, -0.25) is 24.1 Å². The van der Waals surface area contributed by atoms with Gasteiger partial charge in [0.1, 0.15) is 6.04 Å². The number of rotatable bonds is 9. The van der Waals surface area contributed by atoms with E-state index in [9.17, 15) is 24.0 Å². The van der Waals surface area contributed by atoms with Gasteiger partial charge in [-0.25, -0.2) is 4.79 Å². The summed E-state index contributed by atoms with van der Waals surface area (Å²) in [5, 5.41) is 2.92. The quantitative estimate of drug-likeness (QED) is 0.0608. The van der Waals surface area contributed by atoms with E-state index in [1.807, 2.05) is 59.0 Å². The number of nitrogens with zero attached hydrogens (tertiary/aromatic N) is 1. The largest absolute Gasteiger partial charge is 0.454 e. The van der Waals surface area contributed by atoms with Crippen LogP contribution < -0.4 is 5.32 Å². The number of anilines is 1. The molecule has 1 atom stereocenters. The number of amides is 3. The molecule has 8 nitrogen and oxygen atoms in total. The Bertz CT molecular complexity index is 1580. The molecule has 0 bridgehead atoms. The van der Waals surface area contributed by atoms with Crippen LogP contribution in [0.25, 0.3) is 0 Å². The van der Waals surface area contributed by atoms with Crippen molar-refractivity contribution in [3.63, 3.8) is 0 Å². The molecule has 1 aliphatic heterocycles. The lowest BCUT2D eigenvalue weighted by Crippen LogP contribution is -2.47. The fraction of sp³-hybridized carbons (Fsp3) is 0.207. The van der Waals surface area contributed by atoms with Gasteiger partial charge >= 0.3 is 5.97 Å². The minimum absolute atomic E-state index is 0.0697. The first-order valence-electron chi connectivity index (χ1n) is 12.4. The molecule has 3 aromatic rings. The zero-order valence-corrected chi connectivity index (χ0v) is 31.4. The van der Waals surface area contributed by atoms with Gasteiger partial charge in [-0.15, -0.1) is 0 Å². The van der Waals surface area contributed by atoms with E-state index in [-0.39, 0.29) is 40.5 Å². The number of fused-ring (bicyclic) bond motifs is 1. The Balaban J connectivity index is 1.53. The van der Waals surface area contributed by atoms with Gasteiger partial charge in [-0.1, -0.05) is 55.8 Å². The predicted octanol–water partition coefficient (Wildman–Crippen LogP) is 7.18. The summed E-state index contributed by atoms with van der Waals surface area (Å²) in [4.78, 5) is 67.4. The molecule has 1 unspecified atom stereocenters. The topological polar surface area (TPSA) is 110 Å². The lowest BCUT2D eigenvalue weighted by molar-refractivity contribution is -0.151. The number of hydrogen-bond acceptors (Lipinski definition) is 6. The van der Waals surface area contributed by atoms with E-state index in [0.29, 0.717) is 17.7 Å². The number of benzene rings is 3. The minimum Gasteiger partial charge on any atom is -0.454 e. The molecule has 0 saturated heterocycles. The van der Waals surface area contributed by atoms with Crippen LogP contribution in [0.5, 0.6) is 0 Å². The number of ketones is 1. The zero-order chi connectivity index (χ0) is 30.9. The second kappa shape index (κ2) is 14.2. The fourth-order valence-corrected chi connectivity index (χ4v) is 8.20. The number of imide groups is 1. The number of carbonyl (C=O) groups excluding carboxylic acids is 5. The first kappa shape index (κ1) is 33.5. The molecule has 0 aromatic heterocycles. The Hall–Kier alpha value is -1.38. The van der Waals surface area contributed by atoms with Gasteiger partial charge in [-0.05, 0) is 121 Å². The number of nitrogens with one attached hydrogen (secondary N) is 1. The summed E-state index contributed by atoms with van der Waals surface area (Å²) in [5.74, 6) is -3.12. The maximum Gasteiger partial charge on any atom is 0.329 e. The highest BCUT2D eigenvalue weighted by molar-refractivity contribution is 14.1. The van der Waals surface area contributed by atoms with Crippen molar-refractivity contribution in [1.29, 1.82) is 0 Å². The highest BCUT2D eigenvalue weighted by atomic mass is 127. The Morgan fingerprint density at radius 3 is 2.00 bits per heavy atom. The summed E-state index contributed by atoms with van der Waals surface area (Å²) in [6, 6.07) is 11.8. The second-order valence-corrected chi connectivity index (χ2v) is 14.4. The Kier molecular flexibility index (Phi) is 11.3. The molecule has 13 heteroatoms. The molecule has 0 saturated carbocycles. The highest BCUT2D eigenvalue weighted by Crippen LogP contribution is 2.39. The van der Waals surface area contributed by atoms with Gasteiger partial charge in [0, 0.05) is 30.4 Å². The smallest absolute Gasteiger partial charge is 0.329 e. The number of hydrogen-bond donors (Lipinski definition) is 1. The van der Waals surface area contributed by atoms with E-state index in [4.69, 9.17) is 16.3 Å². The molecular formula is C29H21ClI4N2O6. The van der Waals surface area contributed by atoms with E-state index in [1.54, 1.807) is 30.3 Å². The third-order valence-corrected chi connectivity index (χ3v) is 13.9. The van der Waals surface area contributed by atoms with Crippen LogP contribution in [0.2, 0.25) is 5.02 Å². The summed E-state index contributed by atoms with van der Waals surface area (Å²) >= 11 is 14.5. The van der Waals surface area contributed by atoms with Gasteiger partial charge in [0.15, 0.2) is 12.4 Å². The van der Waals surface area contributed by atoms with Crippen LogP contribution in [0.1, 0.15) is 56.9 Å². The van der Waals surface area contributed by atoms with Crippen molar-refractivity contribution < 1.29 is 28.7 Å². The SMILES string of the molecule is CC(C)CC(C(=O)OCC(=O)Nc1ccc(Cl)cc1C(=O)c1ccccc1)N1C(=O)c2c(I)c(I)c(I)c(I)c2C1=O. The van der Waals surface area contributed by atoms with Crippen LogP contribution in [0.15, 0.2) is 48.5 Å². The maximum absolute atomic E-state index is 13.6. The van der Waals surface area contributed by atoms with Gasteiger partial charge in [0.2, 0.25) is 0 Å². The highest BCUT2D eigenvalue weighted by Gasteiger charge is 2.47. The fourth-order valence-electron chi connectivity index (χ4n) is 4.38. The van der Waals surface area contributed by atoms with Crippen molar-refractivity contribution >= 4 is 137 Å². The van der Waals surface area contributed by atoms with Crippen LogP contribution in [-0.2, 0) is 14.3 Å². The molecule has 0 fully saturated rings. The number of ether oxygens (including phenoxy) is 1. The molecule has 1 N–H and O–H groups in total. The van der Waals surface area contributed by atoms with Crippen molar-refractivity contribution in [2.75, 3.05) is 11.9 Å². The molecule has 1 aliphatic rings. The van der Waals surface area contributed by atoms with Gasteiger partial charge in [0.25, 0.3) is 17.7 Å². The Labute approximate surface area is 301 Å². The van der Waals surface area contributed by atoms with E-state index in [2.05, 4.69) is 50.5 Å². The minimum atomic E-state index is -1.22. The molecule has 218 valence electrons. The van der Waals surface area contributed by atoms with Crippen molar-refractivity contribution in [1.82, 2.24) is 4.90 Å². The molecule has 0 aliphatic carbocycles. The summed E-state index contributed by atoms with van der Waals surface area (Å²) < 4.78 is 8.35. The standard InChI is InChI=1S/C29H21ClI4N2O6/c1-13(2)10-18(36-27(39)20-21(28(36)40)23(32)25(34)24(33)22(20)31)29(41)42-12-19(37)35-17-9-8-15(30)11-16(17)26(38)14-6-4-3-5-7-14/h3-9,11,13,18H,10,12H2,1-2H3,(H,35,37). The normalized spacial score (nSPS) is 13.3. The van der Waals surface area contributed by atoms with Gasteiger partial charge in [-0.2, -0.15) is 0 Å². The molecular weight excluding hydrogens is 1020 g/mol. The van der Waals surface area contributed by atoms with Crippen LogP contribution in [-0.4, -0.2) is 47.0 Å². The van der Waals surface area contributed by atoms with Crippen LogP contribution >= 0.6 is 102 Å². The summed E-state index contributed by atoms with van der Waals surface area (Å²) in [5.41, 5.74) is 1.32. The molecule has 3 aromatic carbocycles. The zero-order valence-electron chi connectivity index (χ0n) is 22.0. The second-order valence-electron chi connectivity index (χ2n) is 9.67. The number of esters is 1. The van der Waals surface area contributed by atoms with E-state index in [1.165, 1.54) is 18.2 Å². The van der Waals surface area contributed by atoms with Gasteiger partial charge < -0.3 is 10.1 Å². The molecule has 42 heavy (non-hydrogen) atoms. The van der Waals surface area contributed by atoms with Crippen molar-refractivity contribution in [3.8, 4) is 0 Å². The van der Waals surface area contributed by atoms with Gasteiger partial charge in [0.05, 0.1) is 16.8 Å². The first-order valence-corrected chi connectivity index (χ1v) is 17.1. The molecule has 4 rings (SSSR count). The number of halogens is 5. The van der Waals surface area contributed by atoms with Crippen molar-refractivity contribution in [3.05, 3.63) is 90.1 Å².